The minimum Gasteiger partial charge on any atom is -0.319 e. The summed E-state index contributed by atoms with van der Waals surface area (Å²) in [4.78, 5) is 14.8. The Morgan fingerprint density at radius 1 is 1.40 bits per heavy atom. The van der Waals surface area contributed by atoms with Gasteiger partial charge in [0.1, 0.15) is 4.90 Å². The summed E-state index contributed by atoms with van der Waals surface area (Å²) in [5.41, 5.74) is 0.00111. The molecule has 8 nitrogen and oxygen atoms in total. The fraction of sp³-hybridized carbons (Fsp3) is 0.438. The molecule has 1 aromatic carbocycles. The van der Waals surface area contributed by atoms with E-state index in [2.05, 4.69) is 10.3 Å². The van der Waals surface area contributed by atoms with E-state index in [0.29, 0.717) is 13.1 Å². The average Bonchev–Trinajstić information content (AvgIpc) is 2.61. The van der Waals surface area contributed by atoms with Gasteiger partial charge >= 0.3 is 0 Å². The fourth-order valence-corrected chi connectivity index (χ4v) is 5.04. The number of benzene rings is 1. The topological polar surface area (TPSA) is 105 Å². The second-order valence-electron chi connectivity index (χ2n) is 6.17. The summed E-state index contributed by atoms with van der Waals surface area (Å²) < 4.78 is 27.7. The van der Waals surface area contributed by atoms with Crippen molar-refractivity contribution in [1.29, 1.82) is 0 Å². The van der Waals surface area contributed by atoms with Crippen LogP contribution in [-0.2, 0) is 10.0 Å². The molecule has 2 heterocycles. The van der Waals surface area contributed by atoms with Crippen molar-refractivity contribution in [3.63, 3.8) is 0 Å². The number of aromatic nitrogens is 1. The molecule has 0 aliphatic carbocycles. The summed E-state index contributed by atoms with van der Waals surface area (Å²) in [5, 5.41) is 14.5. The third-order valence-corrected chi connectivity index (χ3v) is 6.40. The number of hydrogen-bond donors (Lipinski definition) is 1. The Hall–Kier alpha value is -2.10. The number of nitrogens with one attached hydrogen (secondary N) is 1. The van der Waals surface area contributed by atoms with Crippen molar-refractivity contribution in [3.05, 3.63) is 40.6 Å². The quantitative estimate of drug-likeness (QED) is 0.640. The van der Waals surface area contributed by atoms with Crippen LogP contribution in [-0.4, -0.2) is 49.3 Å². The maximum Gasteiger partial charge on any atom is 0.278 e. The van der Waals surface area contributed by atoms with Crippen molar-refractivity contribution in [2.45, 2.75) is 17.7 Å². The monoisotopic (exact) mass is 364 g/mol. The molecule has 1 atom stereocenters. The molecule has 1 saturated heterocycles. The van der Waals surface area contributed by atoms with Crippen molar-refractivity contribution in [3.8, 4) is 0 Å². The van der Waals surface area contributed by atoms with Gasteiger partial charge in [0.2, 0.25) is 10.0 Å². The minimum atomic E-state index is -3.76. The van der Waals surface area contributed by atoms with Gasteiger partial charge in [0.15, 0.2) is 0 Å². The Labute approximate surface area is 146 Å². The highest BCUT2D eigenvalue weighted by Crippen LogP contribution is 2.32. The lowest BCUT2D eigenvalue weighted by Crippen LogP contribution is -2.42. The third kappa shape index (κ3) is 3.35. The number of nitro benzene ring substituents is 1. The van der Waals surface area contributed by atoms with Crippen LogP contribution in [0.1, 0.15) is 12.8 Å². The summed E-state index contributed by atoms with van der Waals surface area (Å²) >= 11 is 0. The van der Waals surface area contributed by atoms with E-state index >= 15 is 0 Å². The number of piperidine rings is 1. The molecule has 0 bridgehead atoms. The highest BCUT2D eigenvalue weighted by molar-refractivity contribution is 7.89. The predicted octanol–water partition coefficient (Wildman–Crippen LogP) is 1.76. The average molecular weight is 364 g/mol. The van der Waals surface area contributed by atoms with E-state index in [9.17, 15) is 18.5 Å². The van der Waals surface area contributed by atoms with Gasteiger partial charge in [-0.25, -0.2) is 8.42 Å². The lowest BCUT2D eigenvalue weighted by molar-refractivity contribution is -0.383. The summed E-state index contributed by atoms with van der Waals surface area (Å²) in [6, 6.07) is 5.63. The second-order valence-corrected chi connectivity index (χ2v) is 8.07. The molecule has 9 heteroatoms. The smallest absolute Gasteiger partial charge is 0.278 e. The van der Waals surface area contributed by atoms with Crippen molar-refractivity contribution >= 4 is 26.6 Å². The van der Waals surface area contributed by atoms with Crippen molar-refractivity contribution in [1.82, 2.24) is 14.6 Å². The number of nitrogens with zero attached hydrogens (tertiary/aromatic N) is 3. The lowest BCUT2D eigenvalue weighted by Gasteiger charge is -2.32. The summed E-state index contributed by atoms with van der Waals surface area (Å²) in [5.74, 6) is 0.255. The zero-order valence-corrected chi connectivity index (χ0v) is 14.7. The number of sulfonamides is 1. The fourth-order valence-electron chi connectivity index (χ4n) is 3.34. The number of fused-ring (bicyclic) bond motifs is 1. The molecule has 2 aromatic rings. The first-order valence-electron chi connectivity index (χ1n) is 8.12. The van der Waals surface area contributed by atoms with Crippen LogP contribution < -0.4 is 5.32 Å². The molecule has 1 unspecified atom stereocenters. The molecular formula is C16H20N4O4S. The van der Waals surface area contributed by atoms with Gasteiger partial charge < -0.3 is 5.32 Å². The van der Waals surface area contributed by atoms with E-state index < -0.39 is 14.9 Å². The number of hydrogen-bond acceptors (Lipinski definition) is 6. The molecule has 1 aromatic heterocycles. The van der Waals surface area contributed by atoms with Crippen LogP contribution in [0.3, 0.4) is 0 Å². The molecule has 1 aliphatic rings. The number of rotatable bonds is 5. The van der Waals surface area contributed by atoms with Crippen LogP contribution in [0, 0.1) is 16.0 Å². The summed E-state index contributed by atoms with van der Waals surface area (Å²) in [7, 11) is -1.91. The van der Waals surface area contributed by atoms with Gasteiger partial charge in [0, 0.05) is 25.4 Å². The van der Waals surface area contributed by atoms with Crippen molar-refractivity contribution in [2.24, 2.45) is 5.92 Å². The molecule has 3 rings (SSSR count). The minimum absolute atomic E-state index is 0.0267. The largest absolute Gasteiger partial charge is 0.319 e. The van der Waals surface area contributed by atoms with Crippen molar-refractivity contribution in [2.75, 3.05) is 26.7 Å². The van der Waals surface area contributed by atoms with Gasteiger partial charge in [-0.2, -0.15) is 4.31 Å². The molecule has 25 heavy (non-hydrogen) atoms. The highest BCUT2D eigenvalue weighted by Gasteiger charge is 2.32. The Bertz CT molecular complexity index is 898. The van der Waals surface area contributed by atoms with E-state index in [1.165, 1.54) is 28.7 Å². The molecule has 0 spiro atoms. The molecule has 1 fully saturated rings. The van der Waals surface area contributed by atoms with Crippen LogP contribution in [0.5, 0.6) is 0 Å². The SMILES string of the molecule is CNCC1CCCN(S(=O)(=O)c2ccc([N+](=O)[O-])c3cccnc23)C1. The van der Waals surface area contributed by atoms with Crippen LogP contribution in [0.15, 0.2) is 35.4 Å². The van der Waals surface area contributed by atoms with Crippen LogP contribution in [0.25, 0.3) is 10.9 Å². The molecule has 0 saturated carbocycles. The lowest BCUT2D eigenvalue weighted by atomic mass is 10.00. The number of non-ortho nitro benzene ring substituents is 1. The Morgan fingerprint density at radius 2 is 2.20 bits per heavy atom. The molecule has 0 amide bonds. The van der Waals surface area contributed by atoms with Crippen LogP contribution >= 0.6 is 0 Å². The first-order chi connectivity index (χ1) is 11.9. The Morgan fingerprint density at radius 3 is 2.92 bits per heavy atom. The molecule has 0 radical (unpaired) electrons. The standard InChI is InChI=1S/C16H20N4O4S/c1-17-10-12-4-3-9-19(11-12)25(23,24)15-7-6-14(20(21)22)13-5-2-8-18-16(13)15/h2,5-8,12,17H,3-4,9-11H2,1H3. The van der Waals surface area contributed by atoms with Gasteiger partial charge in [0.05, 0.1) is 15.8 Å². The summed E-state index contributed by atoms with van der Waals surface area (Å²) in [6.07, 6.45) is 3.22. The molecular weight excluding hydrogens is 344 g/mol. The highest BCUT2D eigenvalue weighted by atomic mass is 32.2. The van der Waals surface area contributed by atoms with Crippen molar-refractivity contribution < 1.29 is 13.3 Å². The Balaban J connectivity index is 2.06. The van der Waals surface area contributed by atoms with E-state index in [0.717, 1.165) is 19.4 Å². The van der Waals surface area contributed by atoms with Gasteiger partial charge in [-0.05, 0) is 50.6 Å². The van der Waals surface area contributed by atoms with E-state index in [1.807, 2.05) is 7.05 Å². The molecule has 1 N–H and O–H groups in total. The first-order valence-corrected chi connectivity index (χ1v) is 9.56. The van der Waals surface area contributed by atoms with Gasteiger partial charge in [-0.1, -0.05) is 0 Å². The number of pyridine rings is 1. The summed E-state index contributed by atoms with van der Waals surface area (Å²) in [6.45, 7) is 1.65. The predicted molar refractivity (Wildman–Crippen MR) is 93.8 cm³/mol. The van der Waals surface area contributed by atoms with Gasteiger partial charge in [-0.15, -0.1) is 0 Å². The molecule has 134 valence electrons. The maximum atomic E-state index is 13.1. The molecule has 1 aliphatic heterocycles. The van der Waals surface area contributed by atoms with Crippen LogP contribution in [0.2, 0.25) is 0 Å². The van der Waals surface area contributed by atoms with E-state index in [-0.39, 0.29) is 27.4 Å². The van der Waals surface area contributed by atoms with E-state index in [4.69, 9.17) is 0 Å². The number of nitro groups is 1. The maximum absolute atomic E-state index is 13.1. The zero-order chi connectivity index (χ0) is 18.0. The Kier molecular flexibility index (Phi) is 4.98. The third-order valence-electron chi connectivity index (χ3n) is 4.50. The second kappa shape index (κ2) is 7.03. The van der Waals surface area contributed by atoms with E-state index in [1.54, 1.807) is 6.07 Å². The first kappa shape index (κ1) is 17.7. The zero-order valence-electron chi connectivity index (χ0n) is 13.9. The normalized spacial score (nSPS) is 19.2. The van der Waals surface area contributed by atoms with Gasteiger partial charge in [-0.3, -0.25) is 15.1 Å². The van der Waals surface area contributed by atoms with Crippen LogP contribution in [0.4, 0.5) is 5.69 Å². The van der Waals surface area contributed by atoms with Gasteiger partial charge in [0.25, 0.3) is 5.69 Å².